The van der Waals surface area contributed by atoms with E-state index >= 15 is 0 Å². The molecule has 1 aromatic heterocycles. The molecule has 0 spiro atoms. The number of thioether (sulfide) groups is 1. The minimum atomic E-state index is -0.399. The number of carbonyl (C=O) groups excluding carboxylic acids is 1. The molecule has 0 radical (unpaired) electrons. The van der Waals surface area contributed by atoms with Crippen LogP contribution in [-0.2, 0) is 4.79 Å². The number of hydrogen-bond donors (Lipinski definition) is 2. The highest BCUT2D eigenvalue weighted by molar-refractivity contribution is 7.99. The average Bonchev–Trinajstić information content (AvgIpc) is 3.19. The zero-order valence-electron chi connectivity index (χ0n) is 10.9. The zero-order valence-corrected chi connectivity index (χ0v) is 11.7. The first-order chi connectivity index (χ1) is 8.99. The lowest BCUT2D eigenvalue weighted by molar-refractivity contribution is -0.119. The summed E-state index contributed by atoms with van der Waals surface area (Å²) in [6.07, 6.45) is 2.36. The summed E-state index contributed by atoms with van der Waals surface area (Å²) >= 11 is 1.10. The van der Waals surface area contributed by atoms with Gasteiger partial charge in [-0.05, 0) is 32.6 Å². The van der Waals surface area contributed by atoms with E-state index in [1.54, 1.807) is 0 Å². The second-order valence-electron chi connectivity index (χ2n) is 4.73. The summed E-state index contributed by atoms with van der Waals surface area (Å²) in [6.45, 7) is 3.54. The third-order valence-electron chi connectivity index (χ3n) is 3.07. The Balaban J connectivity index is 1.89. The number of aryl methyl sites for hydroxylation is 1. The van der Waals surface area contributed by atoms with Crippen molar-refractivity contribution in [2.45, 2.75) is 37.9 Å². The number of rotatable bonds is 5. The van der Waals surface area contributed by atoms with Crippen LogP contribution in [-0.4, -0.2) is 32.6 Å². The third-order valence-corrected chi connectivity index (χ3v) is 4.01. The van der Waals surface area contributed by atoms with Crippen LogP contribution in [0.1, 0.15) is 25.5 Å². The van der Waals surface area contributed by atoms with Crippen LogP contribution in [0, 0.1) is 12.8 Å². The molecule has 0 aromatic carbocycles. The summed E-state index contributed by atoms with van der Waals surface area (Å²) in [5.74, 6) is 6.28. The van der Waals surface area contributed by atoms with Crippen LogP contribution in [0.4, 0.5) is 0 Å². The summed E-state index contributed by atoms with van der Waals surface area (Å²) in [7, 11) is 0. The maximum atomic E-state index is 11.7. The molecule has 1 atom stereocenters. The predicted molar refractivity (Wildman–Crippen MR) is 72.2 cm³/mol. The lowest BCUT2D eigenvalue weighted by Crippen LogP contribution is -2.36. The number of nitrogens with zero attached hydrogens (tertiary/aromatic N) is 3. The van der Waals surface area contributed by atoms with E-state index in [0.29, 0.717) is 5.92 Å². The SMILES string of the molecule is Cc1nnc(SCC(=O)N[C@H](C)C2CC2)n(N)c1=O. The van der Waals surface area contributed by atoms with Crippen LogP contribution in [0.2, 0.25) is 0 Å². The van der Waals surface area contributed by atoms with Gasteiger partial charge in [0, 0.05) is 6.04 Å². The fourth-order valence-electron chi connectivity index (χ4n) is 1.71. The van der Waals surface area contributed by atoms with Gasteiger partial charge in [-0.3, -0.25) is 9.59 Å². The molecule has 0 saturated heterocycles. The van der Waals surface area contributed by atoms with E-state index in [-0.39, 0.29) is 28.6 Å². The second kappa shape index (κ2) is 5.60. The topological polar surface area (TPSA) is 103 Å². The maximum Gasteiger partial charge on any atom is 0.294 e. The smallest absolute Gasteiger partial charge is 0.294 e. The molecule has 1 heterocycles. The zero-order chi connectivity index (χ0) is 14.0. The van der Waals surface area contributed by atoms with Gasteiger partial charge < -0.3 is 11.2 Å². The second-order valence-corrected chi connectivity index (χ2v) is 5.67. The van der Waals surface area contributed by atoms with E-state index in [4.69, 9.17) is 5.84 Å². The number of nitrogen functional groups attached to an aromatic ring is 1. The summed E-state index contributed by atoms with van der Waals surface area (Å²) in [6, 6.07) is 0.206. The predicted octanol–water partition coefficient (Wildman–Crippen LogP) is -0.333. The number of nitrogens with one attached hydrogen (secondary N) is 1. The highest BCUT2D eigenvalue weighted by Crippen LogP contribution is 2.32. The third kappa shape index (κ3) is 3.46. The Morgan fingerprint density at radius 3 is 2.89 bits per heavy atom. The van der Waals surface area contributed by atoms with Crippen molar-refractivity contribution in [3.05, 3.63) is 16.0 Å². The molecule has 0 bridgehead atoms. The number of hydrogen-bond acceptors (Lipinski definition) is 6. The highest BCUT2D eigenvalue weighted by Gasteiger charge is 2.28. The van der Waals surface area contributed by atoms with Crippen molar-refractivity contribution < 1.29 is 4.79 Å². The normalized spacial score (nSPS) is 16.1. The van der Waals surface area contributed by atoms with Gasteiger partial charge in [0.25, 0.3) is 5.56 Å². The average molecular weight is 283 g/mol. The first kappa shape index (κ1) is 13.9. The molecule has 1 amide bonds. The van der Waals surface area contributed by atoms with Gasteiger partial charge in [-0.15, -0.1) is 10.2 Å². The van der Waals surface area contributed by atoms with E-state index in [2.05, 4.69) is 15.5 Å². The van der Waals surface area contributed by atoms with Crippen molar-refractivity contribution in [2.75, 3.05) is 11.6 Å². The van der Waals surface area contributed by atoms with Gasteiger partial charge in [0.05, 0.1) is 5.75 Å². The number of nitrogens with two attached hydrogens (primary N) is 1. The van der Waals surface area contributed by atoms with Crippen molar-refractivity contribution in [1.82, 2.24) is 20.2 Å². The molecule has 1 aliphatic rings. The van der Waals surface area contributed by atoms with Crippen molar-refractivity contribution in [1.29, 1.82) is 0 Å². The van der Waals surface area contributed by atoms with Crippen molar-refractivity contribution in [3.8, 4) is 0 Å². The summed E-state index contributed by atoms with van der Waals surface area (Å²) in [4.78, 5) is 23.2. The van der Waals surface area contributed by atoms with Crippen molar-refractivity contribution >= 4 is 17.7 Å². The number of amides is 1. The molecule has 1 fully saturated rings. The van der Waals surface area contributed by atoms with Crippen LogP contribution in [0.3, 0.4) is 0 Å². The number of aromatic nitrogens is 3. The highest BCUT2D eigenvalue weighted by atomic mass is 32.2. The van der Waals surface area contributed by atoms with Gasteiger partial charge in [-0.25, -0.2) is 0 Å². The Bertz CT molecular complexity index is 540. The monoisotopic (exact) mass is 283 g/mol. The van der Waals surface area contributed by atoms with E-state index in [0.717, 1.165) is 16.4 Å². The van der Waals surface area contributed by atoms with Gasteiger partial charge in [0.1, 0.15) is 5.69 Å². The van der Waals surface area contributed by atoms with Crippen molar-refractivity contribution in [3.63, 3.8) is 0 Å². The van der Waals surface area contributed by atoms with Crippen LogP contribution in [0.5, 0.6) is 0 Å². The van der Waals surface area contributed by atoms with Gasteiger partial charge in [-0.2, -0.15) is 4.68 Å². The Kier molecular flexibility index (Phi) is 4.08. The van der Waals surface area contributed by atoms with Crippen LogP contribution >= 0.6 is 11.8 Å². The fourth-order valence-corrected chi connectivity index (χ4v) is 2.37. The Labute approximate surface area is 114 Å². The Morgan fingerprint density at radius 2 is 2.26 bits per heavy atom. The molecule has 1 aromatic rings. The molecule has 0 aliphatic heterocycles. The fraction of sp³-hybridized carbons (Fsp3) is 0.636. The standard InChI is InChI=1S/C11H17N5O2S/c1-6(8-3-4-8)13-9(17)5-19-11-15-14-7(2)10(18)16(11)12/h6,8H,3-5,12H2,1-2H3,(H,13,17)/t6-/m1/s1. The largest absolute Gasteiger partial charge is 0.353 e. The summed E-state index contributed by atoms with van der Waals surface area (Å²) in [5.41, 5.74) is -0.164. The lowest BCUT2D eigenvalue weighted by atomic mass is 10.2. The molecule has 1 aliphatic carbocycles. The van der Waals surface area contributed by atoms with Crippen LogP contribution in [0.25, 0.3) is 0 Å². The molecule has 7 nitrogen and oxygen atoms in total. The van der Waals surface area contributed by atoms with Crippen LogP contribution in [0.15, 0.2) is 9.95 Å². The van der Waals surface area contributed by atoms with Crippen molar-refractivity contribution in [2.24, 2.45) is 5.92 Å². The molecular weight excluding hydrogens is 266 g/mol. The summed E-state index contributed by atoms with van der Waals surface area (Å²) in [5, 5.41) is 10.7. The van der Waals surface area contributed by atoms with Gasteiger partial charge in [0.2, 0.25) is 11.1 Å². The molecular formula is C11H17N5O2S. The van der Waals surface area contributed by atoms with Gasteiger partial charge >= 0.3 is 0 Å². The minimum absolute atomic E-state index is 0.0841. The Hall–Kier alpha value is -1.57. The first-order valence-electron chi connectivity index (χ1n) is 6.12. The molecule has 2 rings (SSSR count). The Morgan fingerprint density at radius 1 is 1.58 bits per heavy atom. The number of carbonyl (C=O) groups is 1. The molecule has 3 N–H and O–H groups in total. The quantitative estimate of drug-likeness (QED) is 0.566. The van der Waals surface area contributed by atoms with E-state index < -0.39 is 5.56 Å². The summed E-state index contributed by atoms with van der Waals surface area (Å²) < 4.78 is 0.921. The molecule has 1 saturated carbocycles. The molecule has 19 heavy (non-hydrogen) atoms. The van der Waals surface area contributed by atoms with E-state index in [1.807, 2.05) is 6.92 Å². The van der Waals surface area contributed by atoms with Gasteiger partial charge in [0.15, 0.2) is 0 Å². The van der Waals surface area contributed by atoms with Crippen LogP contribution < -0.4 is 16.7 Å². The first-order valence-corrected chi connectivity index (χ1v) is 7.11. The maximum absolute atomic E-state index is 11.7. The van der Waals surface area contributed by atoms with E-state index in [9.17, 15) is 9.59 Å². The lowest BCUT2D eigenvalue weighted by Gasteiger charge is -2.12. The van der Waals surface area contributed by atoms with Gasteiger partial charge in [-0.1, -0.05) is 11.8 Å². The molecule has 104 valence electrons. The molecule has 8 heteroatoms. The van der Waals surface area contributed by atoms with E-state index in [1.165, 1.54) is 19.8 Å². The molecule has 0 unspecified atom stereocenters. The minimum Gasteiger partial charge on any atom is -0.353 e.